The first-order valence-corrected chi connectivity index (χ1v) is 12.9. The fraction of sp³-hybridized carbons (Fsp3) is 0.375. The Labute approximate surface area is 221 Å². The van der Waals surface area contributed by atoms with Gasteiger partial charge in [0.1, 0.15) is 12.4 Å². The lowest BCUT2D eigenvalue weighted by molar-refractivity contribution is -0.140. The van der Waals surface area contributed by atoms with Crippen LogP contribution in [0.15, 0.2) is 60.7 Å². The maximum Gasteiger partial charge on any atom is 0.305 e. The fourth-order valence-corrected chi connectivity index (χ4v) is 4.56. The Morgan fingerprint density at radius 3 is 2.27 bits per heavy atom. The molecule has 0 heterocycles. The van der Waals surface area contributed by atoms with E-state index in [1.54, 1.807) is 0 Å². The van der Waals surface area contributed by atoms with E-state index in [4.69, 9.17) is 9.47 Å². The number of amides is 1. The molecule has 3 aromatic rings. The second-order valence-electron chi connectivity index (χ2n) is 10.2. The summed E-state index contributed by atoms with van der Waals surface area (Å²) in [5, 5.41) is 3.29. The first kappa shape index (κ1) is 28.0. The molecular formula is C32H39NO4. The summed E-state index contributed by atoms with van der Waals surface area (Å²) in [6.45, 7) is 10.8. The third kappa shape index (κ3) is 8.21. The van der Waals surface area contributed by atoms with E-state index in [1.807, 2.05) is 49.4 Å². The van der Waals surface area contributed by atoms with E-state index in [-0.39, 0.29) is 24.3 Å². The summed E-state index contributed by atoms with van der Waals surface area (Å²) in [5.41, 5.74) is 6.77. The van der Waals surface area contributed by atoms with E-state index in [0.717, 1.165) is 34.4 Å². The fourth-order valence-electron chi connectivity index (χ4n) is 4.56. The van der Waals surface area contributed by atoms with Crippen LogP contribution in [-0.2, 0) is 22.6 Å². The van der Waals surface area contributed by atoms with Crippen LogP contribution in [0.1, 0.15) is 76.5 Å². The molecule has 0 spiro atoms. The van der Waals surface area contributed by atoms with Gasteiger partial charge in [-0.15, -0.1) is 0 Å². The van der Waals surface area contributed by atoms with E-state index in [2.05, 4.69) is 51.2 Å². The van der Waals surface area contributed by atoms with E-state index in [9.17, 15) is 9.59 Å². The number of hydrogen-bond donors (Lipinski definition) is 1. The van der Waals surface area contributed by atoms with Gasteiger partial charge in [-0.3, -0.25) is 9.59 Å². The van der Waals surface area contributed by atoms with Crippen molar-refractivity contribution in [3.05, 3.63) is 99.6 Å². The standard InChI is InChI=1S/C32H39NO4/c1-21(2)15-29(27-17-22(3)16-23(4)18-27)33-32(35)28-19-25(11-12-26(28)13-14-31(34)36-6)20-37-30-10-8-7-9-24(30)5/h7-12,16-19,21,29H,13-15,20H2,1-6H3,(H,33,35). The Bertz CT molecular complexity index is 1210. The Morgan fingerprint density at radius 1 is 0.919 bits per heavy atom. The van der Waals surface area contributed by atoms with Crippen molar-refractivity contribution in [2.45, 2.75) is 66.5 Å². The van der Waals surface area contributed by atoms with Crippen molar-refractivity contribution in [1.82, 2.24) is 5.32 Å². The first-order valence-electron chi connectivity index (χ1n) is 12.9. The minimum atomic E-state index is -0.300. The van der Waals surface area contributed by atoms with Crippen molar-refractivity contribution < 1.29 is 19.1 Å². The third-order valence-electron chi connectivity index (χ3n) is 6.39. The maximum absolute atomic E-state index is 13.7. The molecule has 37 heavy (non-hydrogen) atoms. The zero-order valence-electron chi connectivity index (χ0n) is 22.9. The lowest BCUT2D eigenvalue weighted by Gasteiger charge is -2.23. The molecule has 5 heteroatoms. The summed E-state index contributed by atoms with van der Waals surface area (Å²) in [5.74, 6) is 0.766. The zero-order valence-corrected chi connectivity index (χ0v) is 22.9. The molecule has 0 aromatic heterocycles. The van der Waals surface area contributed by atoms with Crippen LogP contribution in [-0.4, -0.2) is 19.0 Å². The predicted molar refractivity (Wildman–Crippen MR) is 148 cm³/mol. The summed E-state index contributed by atoms with van der Waals surface area (Å²) in [7, 11) is 1.38. The van der Waals surface area contributed by atoms with Crippen LogP contribution in [0.25, 0.3) is 0 Å². The molecule has 3 rings (SSSR count). The molecule has 3 aromatic carbocycles. The molecule has 196 valence electrons. The molecule has 0 fully saturated rings. The Morgan fingerprint density at radius 2 is 1.62 bits per heavy atom. The first-order chi connectivity index (χ1) is 17.7. The van der Waals surface area contributed by atoms with E-state index < -0.39 is 0 Å². The van der Waals surface area contributed by atoms with E-state index in [1.165, 1.54) is 18.2 Å². The molecule has 1 unspecified atom stereocenters. The lowest BCUT2D eigenvalue weighted by atomic mass is 9.93. The maximum atomic E-state index is 13.7. The van der Waals surface area contributed by atoms with Crippen molar-refractivity contribution in [2.75, 3.05) is 7.11 Å². The average Bonchev–Trinajstić information content (AvgIpc) is 2.85. The number of aryl methyl sites for hydroxylation is 4. The summed E-state index contributed by atoms with van der Waals surface area (Å²) >= 11 is 0. The molecule has 1 amide bonds. The summed E-state index contributed by atoms with van der Waals surface area (Å²) in [6.07, 6.45) is 1.46. The van der Waals surface area contributed by atoms with Crippen molar-refractivity contribution in [3.63, 3.8) is 0 Å². The van der Waals surface area contributed by atoms with Crippen molar-refractivity contribution in [2.24, 2.45) is 5.92 Å². The van der Waals surface area contributed by atoms with E-state index in [0.29, 0.717) is 24.5 Å². The molecular weight excluding hydrogens is 462 g/mol. The van der Waals surface area contributed by atoms with Gasteiger partial charge in [-0.25, -0.2) is 0 Å². The minimum Gasteiger partial charge on any atom is -0.489 e. The number of carbonyl (C=O) groups excluding carboxylic acids is 2. The number of benzene rings is 3. The van der Waals surface area contributed by atoms with Gasteiger partial charge in [0.15, 0.2) is 0 Å². The molecule has 0 saturated heterocycles. The highest BCUT2D eigenvalue weighted by molar-refractivity contribution is 5.96. The predicted octanol–water partition coefficient (Wildman–Crippen LogP) is 6.81. The molecule has 0 bridgehead atoms. The number of para-hydroxylation sites is 1. The van der Waals surface area contributed by atoms with Crippen LogP contribution in [0, 0.1) is 26.7 Å². The van der Waals surface area contributed by atoms with Crippen LogP contribution in [0.2, 0.25) is 0 Å². The number of methoxy groups -OCH3 is 1. The quantitative estimate of drug-likeness (QED) is 0.293. The Kier molecular flexibility index (Phi) is 9.90. The number of nitrogens with one attached hydrogen (secondary N) is 1. The lowest BCUT2D eigenvalue weighted by Crippen LogP contribution is -2.30. The third-order valence-corrected chi connectivity index (χ3v) is 6.39. The van der Waals surface area contributed by atoms with Crippen LogP contribution in [0.3, 0.4) is 0 Å². The van der Waals surface area contributed by atoms with Gasteiger partial charge in [-0.05, 0) is 73.9 Å². The smallest absolute Gasteiger partial charge is 0.305 e. The molecule has 0 aliphatic rings. The number of ether oxygens (including phenoxy) is 2. The van der Waals surface area contributed by atoms with Crippen LogP contribution in [0.5, 0.6) is 5.75 Å². The Hall–Kier alpha value is -3.60. The second-order valence-corrected chi connectivity index (χ2v) is 10.2. The van der Waals surface area contributed by atoms with Gasteiger partial charge < -0.3 is 14.8 Å². The van der Waals surface area contributed by atoms with Crippen LogP contribution in [0.4, 0.5) is 0 Å². The van der Waals surface area contributed by atoms with Crippen molar-refractivity contribution in [3.8, 4) is 5.75 Å². The van der Waals surface area contributed by atoms with Gasteiger partial charge in [0.25, 0.3) is 5.91 Å². The highest BCUT2D eigenvalue weighted by Gasteiger charge is 2.21. The van der Waals surface area contributed by atoms with Gasteiger partial charge in [-0.1, -0.05) is 73.5 Å². The molecule has 0 saturated carbocycles. The number of carbonyl (C=O) groups is 2. The molecule has 0 aliphatic carbocycles. The van der Waals surface area contributed by atoms with Gasteiger partial charge in [0.2, 0.25) is 0 Å². The monoisotopic (exact) mass is 501 g/mol. The Balaban J connectivity index is 1.90. The minimum absolute atomic E-state index is 0.119. The molecule has 1 N–H and O–H groups in total. The molecule has 0 radical (unpaired) electrons. The largest absolute Gasteiger partial charge is 0.489 e. The molecule has 5 nitrogen and oxygen atoms in total. The van der Waals surface area contributed by atoms with Gasteiger partial charge >= 0.3 is 5.97 Å². The van der Waals surface area contributed by atoms with Crippen LogP contribution < -0.4 is 10.1 Å². The number of hydrogen-bond acceptors (Lipinski definition) is 4. The average molecular weight is 502 g/mol. The van der Waals surface area contributed by atoms with Gasteiger partial charge in [-0.2, -0.15) is 0 Å². The SMILES string of the molecule is COC(=O)CCc1ccc(COc2ccccc2C)cc1C(=O)NC(CC(C)C)c1cc(C)cc(C)c1. The van der Waals surface area contributed by atoms with E-state index >= 15 is 0 Å². The van der Waals surface area contributed by atoms with Gasteiger partial charge in [0.05, 0.1) is 13.2 Å². The summed E-state index contributed by atoms with van der Waals surface area (Å²) in [6, 6.07) is 19.9. The second kappa shape index (κ2) is 13.1. The summed E-state index contributed by atoms with van der Waals surface area (Å²) in [4.78, 5) is 25.6. The summed E-state index contributed by atoms with van der Waals surface area (Å²) < 4.78 is 10.9. The van der Waals surface area contributed by atoms with Crippen LogP contribution >= 0.6 is 0 Å². The van der Waals surface area contributed by atoms with Crippen molar-refractivity contribution in [1.29, 1.82) is 0 Å². The zero-order chi connectivity index (χ0) is 26.9. The van der Waals surface area contributed by atoms with Gasteiger partial charge in [0, 0.05) is 12.0 Å². The molecule has 0 aliphatic heterocycles. The highest BCUT2D eigenvalue weighted by Crippen LogP contribution is 2.26. The normalized spacial score (nSPS) is 11.8. The van der Waals surface area contributed by atoms with Crippen molar-refractivity contribution >= 4 is 11.9 Å². The number of esters is 1. The molecule has 1 atom stereocenters. The number of rotatable bonds is 11. The topological polar surface area (TPSA) is 64.6 Å². The highest BCUT2D eigenvalue weighted by atomic mass is 16.5.